The highest BCUT2D eigenvalue weighted by atomic mass is 16.6. The van der Waals surface area contributed by atoms with Crippen LogP contribution in [0.4, 0.5) is 0 Å². The van der Waals surface area contributed by atoms with Crippen LogP contribution in [0.25, 0.3) is 11.4 Å². The Kier molecular flexibility index (Phi) is 4.55. The van der Waals surface area contributed by atoms with Crippen LogP contribution in [0.2, 0.25) is 0 Å². The van der Waals surface area contributed by atoms with Gasteiger partial charge in [-0.05, 0) is 34.7 Å². The van der Waals surface area contributed by atoms with Crippen LogP contribution in [0.1, 0.15) is 11.8 Å². The second-order valence-corrected chi connectivity index (χ2v) is 6.91. The number of tetrazole rings is 1. The van der Waals surface area contributed by atoms with E-state index in [1.54, 1.807) is 18.1 Å². The van der Waals surface area contributed by atoms with Crippen molar-refractivity contribution in [3.05, 3.63) is 48.4 Å². The van der Waals surface area contributed by atoms with Crippen LogP contribution < -0.4 is 10.1 Å². The molecule has 4 atom stereocenters. The molecule has 0 radical (unpaired) electrons. The molecule has 3 aromatic rings. The number of furan rings is 1. The molecular weight excluding hydrogens is 362 g/mol. The summed E-state index contributed by atoms with van der Waals surface area (Å²) >= 11 is 0. The number of nitrogens with zero attached hydrogens (tertiary/aromatic N) is 4. The molecule has 4 heterocycles. The molecule has 1 N–H and O–H groups in total. The van der Waals surface area contributed by atoms with Gasteiger partial charge < -0.3 is 23.9 Å². The zero-order chi connectivity index (χ0) is 18.9. The van der Waals surface area contributed by atoms with Gasteiger partial charge in [-0.25, -0.2) is 4.68 Å². The number of rotatable bonds is 6. The maximum Gasteiger partial charge on any atom is 0.182 e. The Morgan fingerprint density at radius 2 is 2.11 bits per heavy atom. The first kappa shape index (κ1) is 17.4. The third kappa shape index (κ3) is 3.07. The molecule has 1 aromatic carbocycles. The minimum atomic E-state index is -0.109. The predicted octanol–water partition coefficient (Wildman–Crippen LogP) is 1.44. The highest BCUT2D eigenvalue weighted by Gasteiger charge is 2.49. The van der Waals surface area contributed by atoms with Gasteiger partial charge in [-0.1, -0.05) is 12.1 Å². The minimum Gasteiger partial charge on any atom is -0.497 e. The van der Waals surface area contributed by atoms with Gasteiger partial charge in [0.1, 0.15) is 29.8 Å². The molecule has 2 aliphatic heterocycles. The lowest BCUT2D eigenvalue weighted by Gasteiger charge is -2.18. The van der Waals surface area contributed by atoms with Gasteiger partial charge in [-0.2, -0.15) is 0 Å². The summed E-state index contributed by atoms with van der Waals surface area (Å²) in [6.07, 6.45) is 1.51. The van der Waals surface area contributed by atoms with E-state index in [4.69, 9.17) is 18.6 Å². The quantitative estimate of drug-likeness (QED) is 0.683. The molecule has 5 rings (SSSR count). The van der Waals surface area contributed by atoms with E-state index < -0.39 is 0 Å². The Morgan fingerprint density at radius 3 is 2.96 bits per heavy atom. The van der Waals surface area contributed by atoms with Crippen molar-refractivity contribution >= 4 is 0 Å². The first-order valence-corrected chi connectivity index (χ1v) is 9.25. The summed E-state index contributed by atoms with van der Waals surface area (Å²) < 4.78 is 24.6. The van der Waals surface area contributed by atoms with Gasteiger partial charge in [-0.15, -0.1) is 5.10 Å². The zero-order valence-corrected chi connectivity index (χ0v) is 15.4. The van der Waals surface area contributed by atoms with Crippen molar-refractivity contribution < 1.29 is 18.6 Å². The van der Waals surface area contributed by atoms with Gasteiger partial charge in [0, 0.05) is 5.56 Å². The summed E-state index contributed by atoms with van der Waals surface area (Å²) in [6, 6.07) is 11.5. The third-order valence-corrected chi connectivity index (χ3v) is 5.28. The molecular formula is C19H21N5O4. The monoisotopic (exact) mass is 383 g/mol. The highest BCUT2D eigenvalue weighted by Crippen LogP contribution is 2.36. The lowest BCUT2D eigenvalue weighted by Crippen LogP contribution is -2.40. The Labute approximate surface area is 161 Å². The van der Waals surface area contributed by atoms with Crippen molar-refractivity contribution in [3.63, 3.8) is 0 Å². The maximum absolute atomic E-state index is 6.07. The summed E-state index contributed by atoms with van der Waals surface area (Å²) in [5.74, 6) is 2.31. The molecule has 0 spiro atoms. The van der Waals surface area contributed by atoms with Gasteiger partial charge in [0.2, 0.25) is 0 Å². The van der Waals surface area contributed by atoms with Crippen molar-refractivity contribution in [1.82, 2.24) is 25.5 Å². The standard InChI is InChI=1S/C19H21N5O4/c1-25-13-5-2-4-12(8-13)19-21-22-23-24(19)16-11-28-17-15(10-27-18(16)17)20-9-14-6-3-7-26-14/h2-8,15-18,20H,9-11H2,1H3/t15-,16+,17-,18+/m0/s1. The number of hydrogen-bond donors (Lipinski definition) is 1. The van der Waals surface area contributed by atoms with Crippen molar-refractivity contribution in [1.29, 1.82) is 0 Å². The Bertz CT molecular complexity index is 928. The first-order valence-electron chi connectivity index (χ1n) is 9.25. The molecule has 2 aliphatic rings. The van der Waals surface area contributed by atoms with Crippen LogP contribution in [0.5, 0.6) is 5.75 Å². The smallest absolute Gasteiger partial charge is 0.182 e. The van der Waals surface area contributed by atoms with Gasteiger partial charge >= 0.3 is 0 Å². The highest BCUT2D eigenvalue weighted by molar-refractivity contribution is 5.57. The Hall–Kier alpha value is -2.75. The average Bonchev–Trinajstić information content (AvgIpc) is 3.51. The summed E-state index contributed by atoms with van der Waals surface area (Å²) in [7, 11) is 1.64. The molecule has 9 nitrogen and oxygen atoms in total. The number of benzene rings is 1. The second kappa shape index (κ2) is 7.34. The largest absolute Gasteiger partial charge is 0.497 e. The van der Waals surface area contributed by atoms with E-state index in [0.717, 1.165) is 17.1 Å². The fraction of sp³-hybridized carbons (Fsp3) is 0.421. The van der Waals surface area contributed by atoms with E-state index in [1.165, 1.54) is 0 Å². The van der Waals surface area contributed by atoms with Crippen LogP contribution in [0.15, 0.2) is 47.1 Å². The van der Waals surface area contributed by atoms with E-state index >= 15 is 0 Å². The Morgan fingerprint density at radius 1 is 1.18 bits per heavy atom. The lowest BCUT2D eigenvalue weighted by atomic mass is 10.1. The maximum atomic E-state index is 6.07. The van der Waals surface area contributed by atoms with E-state index in [-0.39, 0.29) is 24.3 Å². The van der Waals surface area contributed by atoms with Crippen LogP contribution in [-0.4, -0.2) is 58.8 Å². The number of methoxy groups -OCH3 is 1. The summed E-state index contributed by atoms with van der Waals surface area (Å²) in [5.41, 5.74) is 0.887. The van der Waals surface area contributed by atoms with E-state index in [0.29, 0.717) is 25.6 Å². The number of fused-ring (bicyclic) bond motifs is 1. The summed E-state index contributed by atoms with van der Waals surface area (Å²) in [5, 5.41) is 15.8. The molecule has 2 aromatic heterocycles. The van der Waals surface area contributed by atoms with Crippen LogP contribution in [-0.2, 0) is 16.0 Å². The molecule has 0 saturated carbocycles. The second-order valence-electron chi connectivity index (χ2n) is 6.91. The SMILES string of the molecule is COc1cccc(-c2nnnn2[C@@H]2CO[C@@H]3[C@@H]2OC[C@@H]3NCc2ccco2)c1. The van der Waals surface area contributed by atoms with Crippen LogP contribution in [0, 0.1) is 0 Å². The Balaban J connectivity index is 1.33. The molecule has 9 heteroatoms. The van der Waals surface area contributed by atoms with E-state index in [2.05, 4.69) is 20.8 Å². The molecule has 2 saturated heterocycles. The average molecular weight is 383 g/mol. The lowest BCUT2D eigenvalue weighted by molar-refractivity contribution is 0.0621. The number of nitrogens with one attached hydrogen (secondary N) is 1. The fourth-order valence-corrected chi connectivity index (χ4v) is 3.88. The van der Waals surface area contributed by atoms with Crippen LogP contribution in [0.3, 0.4) is 0 Å². The van der Waals surface area contributed by atoms with Crippen molar-refractivity contribution in [2.45, 2.75) is 30.8 Å². The van der Waals surface area contributed by atoms with Gasteiger partial charge in [0.25, 0.3) is 0 Å². The normalized spacial score (nSPS) is 26.5. The van der Waals surface area contributed by atoms with E-state index in [9.17, 15) is 0 Å². The topological polar surface area (TPSA) is 96.5 Å². The van der Waals surface area contributed by atoms with Crippen molar-refractivity contribution in [3.8, 4) is 17.1 Å². The van der Waals surface area contributed by atoms with Crippen LogP contribution >= 0.6 is 0 Å². The number of ether oxygens (including phenoxy) is 3. The zero-order valence-electron chi connectivity index (χ0n) is 15.4. The summed E-state index contributed by atoms with van der Waals surface area (Å²) in [4.78, 5) is 0. The van der Waals surface area contributed by atoms with Gasteiger partial charge in [0.15, 0.2) is 5.82 Å². The molecule has 0 unspecified atom stereocenters. The van der Waals surface area contributed by atoms with Crippen molar-refractivity contribution in [2.75, 3.05) is 20.3 Å². The third-order valence-electron chi connectivity index (χ3n) is 5.28. The first-order chi connectivity index (χ1) is 13.8. The van der Waals surface area contributed by atoms with Gasteiger partial charge in [0.05, 0.1) is 39.2 Å². The number of hydrogen-bond acceptors (Lipinski definition) is 8. The molecule has 0 aliphatic carbocycles. The van der Waals surface area contributed by atoms with Crippen molar-refractivity contribution in [2.24, 2.45) is 0 Å². The molecule has 0 amide bonds. The minimum absolute atomic E-state index is 0.0534. The molecule has 2 fully saturated rings. The molecule has 0 bridgehead atoms. The van der Waals surface area contributed by atoms with Gasteiger partial charge in [-0.3, -0.25) is 0 Å². The molecule has 146 valence electrons. The summed E-state index contributed by atoms with van der Waals surface area (Å²) in [6.45, 7) is 1.71. The van der Waals surface area contributed by atoms with E-state index in [1.807, 2.05) is 36.4 Å². The predicted molar refractivity (Wildman–Crippen MR) is 97.7 cm³/mol. The fourth-order valence-electron chi connectivity index (χ4n) is 3.88. The number of aromatic nitrogens is 4. The molecule has 28 heavy (non-hydrogen) atoms.